The van der Waals surface area contributed by atoms with Crippen molar-refractivity contribution in [2.45, 2.75) is 17.2 Å². The summed E-state index contributed by atoms with van der Waals surface area (Å²) in [5.74, 6) is 0.366. The highest BCUT2D eigenvalue weighted by molar-refractivity contribution is 9.10. The van der Waals surface area contributed by atoms with E-state index in [9.17, 15) is 9.59 Å². The Balaban J connectivity index is 1.79. The highest BCUT2D eigenvalue weighted by Crippen LogP contribution is 2.46. The second-order valence-corrected chi connectivity index (χ2v) is 6.89. The molecule has 0 saturated carbocycles. The number of carbonyl (C=O) groups excluding carboxylic acids is 2. The molecule has 2 aliphatic rings. The number of nitrogens with zero attached hydrogens (tertiary/aromatic N) is 1. The summed E-state index contributed by atoms with van der Waals surface area (Å²) >= 11 is 3.48. The summed E-state index contributed by atoms with van der Waals surface area (Å²) in [4.78, 5) is 26.8. The number of carbonyl (C=O) groups is 2. The number of ketones is 1. The van der Waals surface area contributed by atoms with Gasteiger partial charge in [0.25, 0.3) is 5.91 Å². The second-order valence-electron chi connectivity index (χ2n) is 5.78. The van der Waals surface area contributed by atoms with Gasteiger partial charge in [0, 0.05) is 29.3 Å². The van der Waals surface area contributed by atoms with Gasteiger partial charge in [-0.3, -0.25) is 9.59 Å². The van der Waals surface area contributed by atoms with Crippen LogP contribution in [0.5, 0.6) is 0 Å². The molecule has 0 fully saturated rings. The summed E-state index contributed by atoms with van der Waals surface area (Å²) in [7, 11) is 0. The maximum absolute atomic E-state index is 12.8. The van der Waals surface area contributed by atoms with Crippen LogP contribution in [-0.2, 0) is 0 Å². The average Bonchev–Trinajstić information content (AvgIpc) is 2.92. The van der Waals surface area contributed by atoms with Crippen molar-refractivity contribution in [1.82, 2.24) is 0 Å². The van der Waals surface area contributed by atoms with E-state index in [1.165, 1.54) is 0 Å². The first-order valence-electron chi connectivity index (χ1n) is 7.35. The smallest absolute Gasteiger partial charge is 0.258 e. The highest BCUT2D eigenvalue weighted by atomic mass is 79.9. The topological polar surface area (TPSA) is 37.4 Å². The monoisotopic (exact) mass is 355 g/mol. The molecule has 4 rings (SSSR count). The summed E-state index contributed by atoms with van der Waals surface area (Å²) in [5.41, 5.74) is 3.39. The molecule has 2 aromatic rings. The van der Waals surface area contributed by atoms with Crippen molar-refractivity contribution in [3.63, 3.8) is 0 Å². The van der Waals surface area contributed by atoms with E-state index in [0.717, 1.165) is 23.2 Å². The first-order valence-corrected chi connectivity index (χ1v) is 8.26. The van der Waals surface area contributed by atoms with Gasteiger partial charge in [0.15, 0.2) is 5.78 Å². The molecule has 1 heterocycles. The van der Waals surface area contributed by atoms with Crippen LogP contribution in [0.4, 0.5) is 5.69 Å². The Morgan fingerprint density at radius 1 is 1.09 bits per heavy atom. The third kappa shape index (κ3) is 1.94. The largest absolute Gasteiger partial charge is 0.307 e. The van der Waals surface area contributed by atoms with Gasteiger partial charge < -0.3 is 4.90 Å². The van der Waals surface area contributed by atoms with Crippen molar-refractivity contribution in [1.29, 1.82) is 0 Å². The molecule has 0 spiro atoms. The lowest BCUT2D eigenvalue weighted by Gasteiger charge is -2.23. The van der Waals surface area contributed by atoms with Crippen LogP contribution in [0.15, 0.2) is 48.5 Å². The molecule has 2 aromatic carbocycles. The van der Waals surface area contributed by atoms with Crippen LogP contribution < -0.4 is 4.90 Å². The lowest BCUT2D eigenvalue weighted by atomic mass is 9.83. The number of anilines is 1. The van der Waals surface area contributed by atoms with E-state index in [1.54, 1.807) is 0 Å². The predicted molar refractivity (Wildman–Crippen MR) is 89.0 cm³/mol. The van der Waals surface area contributed by atoms with Gasteiger partial charge in [0.1, 0.15) is 0 Å². The third-order valence-electron chi connectivity index (χ3n) is 4.49. The zero-order valence-corrected chi connectivity index (χ0v) is 13.4. The van der Waals surface area contributed by atoms with Gasteiger partial charge in [-0.15, -0.1) is 0 Å². The predicted octanol–water partition coefficient (Wildman–Crippen LogP) is 3.78. The lowest BCUT2D eigenvalue weighted by molar-refractivity contribution is 0.0978. The minimum absolute atomic E-state index is 0.00183. The van der Waals surface area contributed by atoms with Crippen molar-refractivity contribution in [3.8, 4) is 0 Å². The maximum Gasteiger partial charge on any atom is 0.258 e. The van der Waals surface area contributed by atoms with E-state index in [0.29, 0.717) is 12.1 Å². The Bertz CT molecular complexity index is 772. The van der Waals surface area contributed by atoms with Crippen molar-refractivity contribution >= 4 is 33.3 Å². The number of rotatable bonds is 1. The zero-order valence-electron chi connectivity index (χ0n) is 11.8. The molecule has 0 N–H and O–H groups in total. The van der Waals surface area contributed by atoms with Crippen molar-refractivity contribution in [2.75, 3.05) is 11.4 Å². The summed E-state index contributed by atoms with van der Waals surface area (Å²) in [5, 5.41) is 0. The van der Waals surface area contributed by atoms with E-state index in [-0.39, 0.29) is 22.4 Å². The van der Waals surface area contributed by atoms with Gasteiger partial charge >= 0.3 is 0 Å². The molecule has 0 saturated heterocycles. The average molecular weight is 356 g/mol. The molecule has 110 valence electrons. The van der Waals surface area contributed by atoms with Gasteiger partial charge in [0.05, 0.1) is 4.83 Å². The van der Waals surface area contributed by atoms with Crippen LogP contribution in [0.25, 0.3) is 0 Å². The molecular formula is C18H14BrNO2. The van der Waals surface area contributed by atoms with Crippen LogP contribution >= 0.6 is 15.9 Å². The Hall–Kier alpha value is -1.94. The molecular weight excluding hydrogens is 342 g/mol. The number of amides is 1. The van der Waals surface area contributed by atoms with E-state index in [4.69, 9.17) is 0 Å². The molecule has 1 amide bonds. The van der Waals surface area contributed by atoms with Gasteiger partial charge in [0.2, 0.25) is 0 Å². The summed E-state index contributed by atoms with van der Waals surface area (Å²) in [6, 6.07) is 15.0. The fourth-order valence-corrected chi connectivity index (χ4v) is 4.19. The van der Waals surface area contributed by atoms with Crippen LogP contribution in [0.1, 0.15) is 38.6 Å². The lowest BCUT2D eigenvalue weighted by Crippen LogP contribution is -2.31. The molecule has 1 aliphatic heterocycles. The Kier molecular flexibility index (Phi) is 3.15. The SMILES string of the molecule is O=C1c2cccc3c2[C@H](C[C@H]1Br)CN3C(=O)c1ccccc1. The van der Waals surface area contributed by atoms with Crippen molar-refractivity contribution in [2.24, 2.45) is 0 Å². The molecule has 22 heavy (non-hydrogen) atoms. The summed E-state index contributed by atoms with van der Waals surface area (Å²) < 4.78 is 0. The minimum atomic E-state index is -0.146. The van der Waals surface area contributed by atoms with Crippen LogP contribution in [-0.4, -0.2) is 23.1 Å². The number of Topliss-reactive ketones (excluding diaryl/α,β-unsaturated/α-hetero) is 1. The van der Waals surface area contributed by atoms with Crippen molar-refractivity contribution in [3.05, 3.63) is 65.2 Å². The van der Waals surface area contributed by atoms with E-state index in [2.05, 4.69) is 15.9 Å². The second kappa shape index (κ2) is 5.06. The van der Waals surface area contributed by atoms with Gasteiger partial charge in [-0.1, -0.05) is 46.3 Å². The molecule has 0 radical (unpaired) electrons. The fraction of sp³-hybridized carbons (Fsp3) is 0.222. The quantitative estimate of drug-likeness (QED) is 0.730. The Labute approximate surface area is 137 Å². The van der Waals surface area contributed by atoms with E-state index >= 15 is 0 Å². The number of benzene rings is 2. The van der Waals surface area contributed by atoms with E-state index in [1.807, 2.05) is 53.4 Å². The summed E-state index contributed by atoms with van der Waals surface area (Å²) in [6.07, 6.45) is 0.751. The van der Waals surface area contributed by atoms with Gasteiger partial charge in [-0.25, -0.2) is 0 Å². The number of hydrogen-bond donors (Lipinski definition) is 0. The number of alkyl halides is 1. The zero-order chi connectivity index (χ0) is 15.3. The van der Waals surface area contributed by atoms with Crippen molar-refractivity contribution < 1.29 is 9.59 Å². The van der Waals surface area contributed by atoms with Gasteiger partial charge in [-0.05, 0) is 30.2 Å². The number of halogens is 1. The molecule has 0 aromatic heterocycles. The molecule has 2 atom stereocenters. The van der Waals surface area contributed by atoms with Crippen LogP contribution in [0.3, 0.4) is 0 Å². The van der Waals surface area contributed by atoms with Crippen LogP contribution in [0, 0.1) is 0 Å². The first kappa shape index (κ1) is 13.7. The van der Waals surface area contributed by atoms with Crippen LogP contribution in [0.2, 0.25) is 0 Å². The molecule has 0 unspecified atom stereocenters. The normalized spacial score (nSPS) is 22.6. The first-order chi connectivity index (χ1) is 10.7. The maximum atomic E-state index is 12.8. The highest BCUT2D eigenvalue weighted by Gasteiger charge is 2.41. The van der Waals surface area contributed by atoms with Gasteiger partial charge in [-0.2, -0.15) is 0 Å². The Morgan fingerprint density at radius 3 is 2.64 bits per heavy atom. The number of hydrogen-bond acceptors (Lipinski definition) is 2. The molecule has 3 nitrogen and oxygen atoms in total. The molecule has 4 heteroatoms. The minimum Gasteiger partial charge on any atom is -0.307 e. The Morgan fingerprint density at radius 2 is 1.86 bits per heavy atom. The van der Waals surface area contributed by atoms with E-state index < -0.39 is 0 Å². The third-order valence-corrected chi connectivity index (χ3v) is 5.28. The molecule has 1 aliphatic carbocycles. The fourth-order valence-electron chi connectivity index (χ4n) is 3.49. The standard InChI is InChI=1S/C18H14BrNO2/c19-14-9-12-10-20(18(22)11-5-2-1-3-6-11)15-8-4-7-13(16(12)15)17(14)21/h1-8,12,14H,9-10H2/t12-,14-/m1/s1. The summed E-state index contributed by atoms with van der Waals surface area (Å²) in [6.45, 7) is 0.648. The molecule has 0 bridgehead atoms.